The highest BCUT2D eigenvalue weighted by Crippen LogP contribution is 2.39. The predicted molar refractivity (Wildman–Crippen MR) is 66.4 cm³/mol. The van der Waals surface area contributed by atoms with Gasteiger partial charge in [-0.2, -0.15) is 0 Å². The van der Waals surface area contributed by atoms with Crippen LogP contribution in [0, 0.1) is 0 Å². The first-order valence-electron chi connectivity index (χ1n) is 6.54. The second-order valence-corrected chi connectivity index (χ2v) is 5.99. The van der Waals surface area contributed by atoms with Crippen molar-refractivity contribution < 1.29 is 23.8 Å². The first-order chi connectivity index (χ1) is 8.77. The number of hydrogen-bond donors (Lipinski definition) is 0. The van der Waals surface area contributed by atoms with Crippen LogP contribution >= 0.6 is 0 Å². The van der Waals surface area contributed by atoms with E-state index < -0.39 is 23.5 Å². The third-order valence-electron chi connectivity index (χ3n) is 3.43. The van der Waals surface area contributed by atoms with Crippen molar-refractivity contribution in [2.24, 2.45) is 0 Å². The molecule has 0 N–H and O–H groups in total. The number of ether oxygens (including phenoxy) is 3. The third kappa shape index (κ3) is 2.68. The highest BCUT2D eigenvalue weighted by Gasteiger charge is 2.56. The first kappa shape index (κ1) is 14.1. The second-order valence-electron chi connectivity index (χ2n) is 5.99. The van der Waals surface area contributed by atoms with Crippen LogP contribution in [0.3, 0.4) is 0 Å². The molecule has 0 bridgehead atoms. The number of esters is 1. The van der Waals surface area contributed by atoms with E-state index in [1.54, 1.807) is 4.90 Å². The van der Waals surface area contributed by atoms with Crippen LogP contribution in [0.1, 0.15) is 40.0 Å². The molecule has 6 nitrogen and oxygen atoms in total. The van der Waals surface area contributed by atoms with E-state index in [1.807, 2.05) is 20.8 Å². The van der Waals surface area contributed by atoms with E-state index in [9.17, 15) is 9.59 Å². The number of likely N-dealkylation sites (tertiary alicyclic amines) is 1. The number of carbonyl (C=O) groups is 2. The molecular formula is C13H21NO5. The molecule has 2 rings (SSSR count). The van der Waals surface area contributed by atoms with E-state index in [1.165, 1.54) is 7.11 Å². The van der Waals surface area contributed by atoms with E-state index >= 15 is 0 Å². The Labute approximate surface area is 113 Å². The summed E-state index contributed by atoms with van der Waals surface area (Å²) >= 11 is 0. The summed E-state index contributed by atoms with van der Waals surface area (Å²) < 4.78 is 16.1. The number of nitrogens with zero attached hydrogens (tertiary/aromatic N) is 1. The molecule has 2 saturated heterocycles. The summed E-state index contributed by atoms with van der Waals surface area (Å²) in [5.41, 5.74) is -0.562. The summed E-state index contributed by atoms with van der Waals surface area (Å²) in [5, 5.41) is 0. The summed E-state index contributed by atoms with van der Waals surface area (Å²) in [7, 11) is 1.50. The monoisotopic (exact) mass is 271 g/mol. The van der Waals surface area contributed by atoms with Gasteiger partial charge in [-0.1, -0.05) is 0 Å². The van der Waals surface area contributed by atoms with Gasteiger partial charge in [0.1, 0.15) is 11.6 Å². The number of piperidine rings is 1. The number of fused-ring (bicyclic) bond motifs is 1. The topological polar surface area (TPSA) is 65.1 Å². The van der Waals surface area contributed by atoms with Gasteiger partial charge in [0.15, 0.2) is 0 Å². The zero-order valence-corrected chi connectivity index (χ0v) is 11.9. The Morgan fingerprint density at radius 3 is 2.74 bits per heavy atom. The van der Waals surface area contributed by atoms with E-state index in [4.69, 9.17) is 14.2 Å². The van der Waals surface area contributed by atoms with Gasteiger partial charge in [-0.3, -0.25) is 9.69 Å². The maximum absolute atomic E-state index is 12.2. The second kappa shape index (κ2) is 4.67. The molecule has 0 spiro atoms. The molecule has 6 heteroatoms. The van der Waals surface area contributed by atoms with Crippen molar-refractivity contribution in [3.8, 4) is 0 Å². The Bertz CT molecular complexity index is 389. The molecule has 0 aromatic carbocycles. The number of amides is 1. The number of rotatable bonds is 1. The molecule has 2 aliphatic heterocycles. The Kier molecular flexibility index (Phi) is 3.47. The molecule has 0 aromatic rings. The van der Waals surface area contributed by atoms with Crippen molar-refractivity contribution in [1.29, 1.82) is 0 Å². The fourth-order valence-electron chi connectivity index (χ4n) is 2.65. The van der Waals surface area contributed by atoms with Crippen LogP contribution in [0.5, 0.6) is 0 Å². The summed E-state index contributed by atoms with van der Waals surface area (Å²) in [6.07, 6.45) is 1.07. The molecule has 0 saturated carbocycles. The zero-order valence-electron chi connectivity index (χ0n) is 11.9. The fourth-order valence-corrected chi connectivity index (χ4v) is 2.65. The average molecular weight is 271 g/mol. The van der Waals surface area contributed by atoms with Crippen LogP contribution in [0.4, 0.5) is 4.79 Å². The Balaban J connectivity index is 2.18. The summed E-state index contributed by atoms with van der Waals surface area (Å²) in [4.78, 5) is 25.3. The smallest absolute Gasteiger partial charge is 0.410 e. The minimum absolute atomic E-state index is 0.160. The highest BCUT2D eigenvalue weighted by atomic mass is 16.7. The SMILES string of the molecule is CO[C@]12CCCN(C(=O)OC(C)(C)C)[C@H]1CC(=O)O2. The number of hydrogen-bond acceptors (Lipinski definition) is 5. The molecule has 2 heterocycles. The number of methoxy groups -OCH3 is 1. The number of carbonyl (C=O) groups excluding carboxylic acids is 2. The minimum atomic E-state index is -0.994. The van der Waals surface area contributed by atoms with E-state index in [0.29, 0.717) is 13.0 Å². The Hall–Kier alpha value is -1.30. The largest absolute Gasteiger partial charge is 0.444 e. The molecule has 2 atom stereocenters. The molecule has 0 aliphatic carbocycles. The van der Waals surface area contributed by atoms with E-state index in [0.717, 1.165) is 6.42 Å². The summed E-state index contributed by atoms with van der Waals surface area (Å²) in [5.74, 6) is -1.33. The Morgan fingerprint density at radius 1 is 1.47 bits per heavy atom. The lowest BCUT2D eigenvalue weighted by atomic mass is 9.95. The minimum Gasteiger partial charge on any atom is -0.444 e. The first-order valence-corrected chi connectivity index (χ1v) is 6.54. The maximum atomic E-state index is 12.2. The molecule has 0 unspecified atom stereocenters. The lowest BCUT2D eigenvalue weighted by Gasteiger charge is -2.42. The molecular weight excluding hydrogens is 250 g/mol. The van der Waals surface area contributed by atoms with Crippen LogP contribution in [-0.4, -0.2) is 48.0 Å². The van der Waals surface area contributed by atoms with Gasteiger partial charge in [-0.15, -0.1) is 0 Å². The van der Waals surface area contributed by atoms with Crippen LogP contribution in [0.15, 0.2) is 0 Å². The van der Waals surface area contributed by atoms with Crippen LogP contribution in [0.2, 0.25) is 0 Å². The van der Waals surface area contributed by atoms with Crippen molar-refractivity contribution in [3.05, 3.63) is 0 Å². The summed E-state index contributed by atoms with van der Waals surface area (Å²) in [6, 6.07) is -0.395. The van der Waals surface area contributed by atoms with Gasteiger partial charge < -0.3 is 14.2 Å². The van der Waals surface area contributed by atoms with E-state index in [2.05, 4.69) is 0 Å². The van der Waals surface area contributed by atoms with Gasteiger partial charge >= 0.3 is 12.1 Å². The molecule has 19 heavy (non-hydrogen) atoms. The highest BCUT2D eigenvalue weighted by molar-refractivity contribution is 5.76. The average Bonchev–Trinajstić information content (AvgIpc) is 2.62. The van der Waals surface area contributed by atoms with Gasteiger partial charge in [0.2, 0.25) is 5.79 Å². The van der Waals surface area contributed by atoms with Crippen molar-refractivity contribution in [1.82, 2.24) is 4.90 Å². The molecule has 2 fully saturated rings. The molecule has 0 radical (unpaired) electrons. The third-order valence-corrected chi connectivity index (χ3v) is 3.43. The lowest BCUT2D eigenvalue weighted by molar-refractivity contribution is -0.230. The van der Waals surface area contributed by atoms with Gasteiger partial charge in [0.25, 0.3) is 0 Å². The van der Waals surface area contributed by atoms with E-state index in [-0.39, 0.29) is 12.4 Å². The predicted octanol–water partition coefficient (Wildman–Crippen LogP) is 1.68. The molecule has 2 aliphatic rings. The molecule has 0 aromatic heterocycles. The normalized spacial score (nSPS) is 30.8. The van der Waals surface area contributed by atoms with Gasteiger partial charge in [-0.05, 0) is 27.2 Å². The fraction of sp³-hybridized carbons (Fsp3) is 0.846. The van der Waals surface area contributed by atoms with Gasteiger partial charge in [-0.25, -0.2) is 4.79 Å². The molecule has 108 valence electrons. The van der Waals surface area contributed by atoms with Gasteiger partial charge in [0.05, 0.1) is 6.42 Å². The lowest BCUT2D eigenvalue weighted by Crippen LogP contribution is -2.58. The van der Waals surface area contributed by atoms with Crippen LogP contribution in [0.25, 0.3) is 0 Å². The zero-order chi connectivity index (χ0) is 14.3. The van der Waals surface area contributed by atoms with Crippen LogP contribution in [-0.2, 0) is 19.0 Å². The van der Waals surface area contributed by atoms with Gasteiger partial charge in [0, 0.05) is 20.1 Å². The quantitative estimate of drug-likeness (QED) is 0.679. The standard InChI is InChI=1S/C13H21NO5/c1-12(2,3)19-11(16)14-7-5-6-13(17-4)9(14)8-10(15)18-13/h9H,5-8H2,1-4H3/t9-,13-/m0/s1. The van der Waals surface area contributed by atoms with Crippen molar-refractivity contribution in [2.75, 3.05) is 13.7 Å². The summed E-state index contributed by atoms with van der Waals surface area (Å²) in [6.45, 7) is 6.00. The maximum Gasteiger partial charge on any atom is 0.410 e. The van der Waals surface area contributed by atoms with Crippen LogP contribution < -0.4 is 0 Å². The van der Waals surface area contributed by atoms with Crippen molar-refractivity contribution >= 4 is 12.1 Å². The van der Waals surface area contributed by atoms with Crippen molar-refractivity contribution in [3.63, 3.8) is 0 Å². The Morgan fingerprint density at radius 2 is 2.16 bits per heavy atom. The van der Waals surface area contributed by atoms with Crippen molar-refractivity contribution in [2.45, 2.75) is 57.5 Å². The molecule has 1 amide bonds.